The topological polar surface area (TPSA) is 64.6 Å². The third kappa shape index (κ3) is 4.83. The van der Waals surface area contributed by atoms with Crippen molar-refractivity contribution in [3.05, 3.63) is 35.9 Å². The minimum Gasteiger partial charge on any atom is -0.395 e. The molecule has 1 aromatic carbocycles. The van der Waals surface area contributed by atoms with Crippen molar-refractivity contribution < 1.29 is 9.90 Å². The highest BCUT2D eigenvalue weighted by Gasteiger charge is 2.21. The standard InChI is InChI=1S/C15H23N3O2/c19-10-8-16-15(20)17-14-7-4-9-18(12-14)11-13-5-2-1-3-6-13/h1-3,5-6,14,19H,4,7-12H2,(H2,16,17,20). The molecule has 1 saturated heterocycles. The average molecular weight is 277 g/mol. The monoisotopic (exact) mass is 277 g/mol. The molecule has 5 heteroatoms. The number of piperidine rings is 1. The van der Waals surface area contributed by atoms with Crippen molar-refractivity contribution in [1.82, 2.24) is 15.5 Å². The van der Waals surface area contributed by atoms with Gasteiger partial charge in [0.1, 0.15) is 0 Å². The van der Waals surface area contributed by atoms with Crippen LogP contribution in [-0.4, -0.2) is 48.3 Å². The van der Waals surface area contributed by atoms with E-state index in [0.29, 0.717) is 6.54 Å². The highest BCUT2D eigenvalue weighted by molar-refractivity contribution is 5.74. The summed E-state index contributed by atoms with van der Waals surface area (Å²) in [5, 5.41) is 14.3. The second kappa shape index (κ2) is 7.87. The number of urea groups is 1. The largest absolute Gasteiger partial charge is 0.395 e. The van der Waals surface area contributed by atoms with E-state index in [9.17, 15) is 4.79 Å². The maximum absolute atomic E-state index is 11.6. The minimum atomic E-state index is -0.189. The summed E-state index contributed by atoms with van der Waals surface area (Å²) in [5.41, 5.74) is 1.30. The maximum Gasteiger partial charge on any atom is 0.315 e. The number of hydrogen-bond acceptors (Lipinski definition) is 3. The molecule has 0 aromatic heterocycles. The molecule has 1 aliphatic heterocycles. The van der Waals surface area contributed by atoms with E-state index in [4.69, 9.17) is 5.11 Å². The molecular weight excluding hydrogens is 254 g/mol. The van der Waals surface area contributed by atoms with Crippen LogP contribution in [0, 0.1) is 0 Å². The van der Waals surface area contributed by atoms with Crippen LogP contribution in [-0.2, 0) is 6.54 Å². The molecule has 0 aliphatic carbocycles. The van der Waals surface area contributed by atoms with Crippen molar-refractivity contribution >= 4 is 6.03 Å². The Bertz CT molecular complexity index is 411. The molecule has 1 aliphatic rings. The van der Waals surface area contributed by atoms with Crippen LogP contribution in [0.4, 0.5) is 4.79 Å². The Morgan fingerprint density at radius 2 is 2.15 bits per heavy atom. The lowest BCUT2D eigenvalue weighted by molar-refractivity contribution is 0.179. The number of likely N-dealkylation sites (tertiary alicyclic amines) is 1. The maximum atomic E-state index is 11.6. The zero-order valence-electron chi connectivity index (χ0n) is 11.7. The molecule has 1 aromatic rings. The van der Waals surface area contributed by atoms with Gasteiger partial charge in [-0.15, -0.1) is 0 Å². The molecular formula is C15H23N3O2. The smallest absolute Gasteiger partial charge is 0.315 e. The van der Waals surface area contributed by atoms with Gasteiger partial charge in [-0.3, -0.25) is 4.90 Å². The van der Waals surface area contributed by atoms with E-state index in [1.807, 2.05) is 6.07 Å². The number of benzene rings is 1. The normalized spacial score (nSPS) is 19.6. The van der Waals surface area contributed by atoms with Gasteiger partial charge in [0.05, 0.1) is 6.61 Å². The van der Waals surface area contributed by atoms with Crippen molar-refractivity contribution in [3.63, 3.8) is 0 Å². The van der Waals surface area contributed by atoms with Gasteiger partial charge in [0, 0.05) is 25.7 Å². The fourth-order valence-electron chi connectivity index (χ4n) is 2.56. The Morgan fingerprint density at radius 3 is 2.90 bits per heavy atom. The van der Waals surface area contributed by atoms with E-state index in [0.717, 1.165) is 32.5 Å². The number of amides is 2. The van der Waals surface area contributed by atoms with Crippen molar-refractivity contribution in [2.75, 3.05) is 26.2 Å². The molecule has 20 heavy (non-hydrogen) atoms. The highest BCUT2D eigenvalue weighted by Crippen LogP contribution is 2.13. The van der Waals surface area contributed by atoms with Gasteiger partial charge in [-0.2, -0.15) is 0 Å². The zero-order valence-corrected chi connectivity index (χ0v) is 11.7. The number of aliphatic hydroxyl groups is 1. The fraction of sp³-hybridized carbons (Fsp3) is 0.533. The van der Waals surface area contributed by atoms with Crippen molar-refractivity contribution in [2.45, 2.75) is 25.4 Å². The third-order valence-electron chi connectivity index (χ3n) is 3.49. The average Bonchev–Trinajstić information content (AvgIpc) is 2.46. The molecule has 1 fully saturated rings. The SMILES string of the molecule is O=C(NCCO)NC1CCCN(Cc2ccccc2)C1. The first-order valence-corrected chi connectivity index (χ1v) is 7.19. The second-order valence-corrected chi connectivity index (χ2v) is 5.18. The summed E-state index contributed by atoms with van der Waals surface area (Å²) >= 11 is 0. The van der Waals surface area contributed by atoms with Gasteiger partial charge in [-0.1, -0.05) is 30.3 Å². The Balaban J connectivity index is 1.78. The van der Waals surface area contributed by atoms with Crippen LogP contribution in [0.2, 0.25) is 0 Å². The molecule has 1 unspecified atom stereocenters. The van der Waals surface area contributed by atoms with Gasteiger partial charge >= 0.3 is 6.03 Å². The molecule has 110 valence electrons. The number of carbonyl (C=O) groups is 1. The van der Waals surface area contributed by atoms with Gasteiger partial charge in [0.15, 0.2) is 0 Å². The molecule has 1 heterocycles. The van der Waals surface area contributed by atoms with Gasteiger partial charge < -0.3 is 15.7 Å². The molecule has 0 spiro atoms. The summed E-state index contributed by atoms with van der Waals surface area (Å²) in [5.74, 6) is 0. The lowest BCUT2D eigenvalue weighted by Crippen LogP contribution is -2.50. The van der Waals surface area contributed by atoms with Crippen LogP contribution in [0.3, 0.4) is 0 Å². The van der Waals surface area contributed by atoms with E-state index < -0.39 is 0 Å². The Morgan fingerprint density at radius 1 is 1.35 bits per heavy atom. The number of carbonyl (C=O) groups excluding carboxylic acids is 1. The first kappa shape index (κ1) is 14.8. The van der Waals surface area contributed by atoms with Crippen LogP contribution in [0.5, 0.6) is 0 Å². The van der Waals surface area contributed by atoms with Gasteiger partial charge in [-0.25, -0.2) is 4.79 Å². The summed E-state index contributed by atoms with van der Waals surface area (Å²) in [6.45, 7) is 3.15. The van der Waals surface area contributed by atoms with Gasteiger partial charge in [0.25, 0.3) is 0 Å². The summed E-state index contributed by atoms with van der Waals surface area (Å²) in [6.07, 6.45) is 2.11. The summed E-state index contributed by atoms with van der Waals surface area (Å²) in [4.78, 5) is 14.0. The minimum absolute atomic E-state index is 0.0295. The summed E-state index contributed by atoms with van der Waals surface area (Å²) in [6, 6.07) is 10.4. The molecule has 0 bridgehead atoms. The van der Waals surface area contributed by atoms with E-state index in [2.05, 4.69) is 39.8 Å². The molecule has 0 radical (unpaired) electrons. The van der Waals surface area contributed by atoms with Gasteiger partial charge in [0.2, 0.25) is 0 Å². The molecule has 3 N–H and O–H groups in total. The number of hydrogen-bond donors (Lipinski definition) is 3. The molecule has 2 amide bonds. The van der Waals surface area contributed by atoms with Crippen molar-refractivity contribution in [3.8, 4) is 0 Å². The van der Waals surface area contributed by atoms with Crippen molar-refractivity contribution in [2.24, 2.45) is 0 Å². The number of nitrogens with zero attached hydrogens (tertiary/aromatic N) is 1. The predicted molar refractivity (Wildman–Crippen MR) is 78.4 cm³/mol. The molecule has 2 rings (SSSR count). The highest BCUT2D eigenvalue weighted by atomic mass is 16.3. The Kier molecular flexibility index (Phi) is 5.83. The van der Waals surface area contributed by atoms with Crippen LogP contribution in [0.15, 0.2) is 30.3 Å². The molecule has 0 saturated carbocycles. The fourth-order valence-corrected chi connectivity index (χ4v) is 2.56. The quantitative estimate of drug-likeness (QED) is 0.750. The summed E-state index contributed by atoms with van der Waals surface area (Å²) < 4.78 is 0. The van der Waals surface area contributed by atoms with Crippen LogP contribution in [0.25, 0.3) is 0 Å². The number of aliphatic hydroxyl groups excluding tert-OH is 1. The van der Waals surface area contributed by atoms with Crippen molar-refractivity contribution in [1.29, 1.82) is 0 Å². The lowest BCUT2D eigenvalue weighted by atomic mass is 10.0. The van der Waals surface area contributed by atoms with Crippen LogP contribution >= 0.6 is 0 Å². The van der Waals surface area contributed by atoms with Gasteiger partial charge in [-0.05, 0) is 24.9 Å². The first-order valence-electron chi connectivity index (χ1n) is 7.19. The summed E-state index contributed by atoms with van der Waals surface area (Å²) in [7, 11) is 0. The van der Waals surface area contributed by atoms with E-state index in [1.165, 1.54) is 5.56 Å². The predicted octanol–water partition coefficient (Wildman–Crippen LogP) is 0.942. The molecule has 5 nitrogen and oxygen atoms in total. The van der Waals surface area contributed by atoms with E-state index >= 15 is 0 Å². The second-order valence-electron chi connectivity index (χ2n) is 5.18. The lowest BCUT2D eigenvalue weighted by Gasteiger charge is -2.33. The van der Waals surface area contributed by atoms with E-state index in [1.54, 1.807) is 0 Å². The molecule has 1 atom stereocenters. The zero-order chi connectivity index (χ0) is 14.2. The number of nitrogens with one attached hydrogen (secondary N) is 2. The Hall–Kier alpha value is -1.59. The first-order chi connectivity index (χ1) is 9.78. The van der Waals surface area contributed by atoms with E-state index in [-0.39, 0.29) is 18.7 Å². The number of rotatable bonds is 5. The van der Waals surface area contributed by atoms with Crippen LogP contribution in [0.1, 0.15) is 18.4 Å². The Labute approximate surface area is 120 Å². The third-order valence-corrected chi connectivity index (χ3v) is 3.49. The van der Waals surface area contributed by atoms with Crippen LogP contribution < -0.4 is 10.6 Å².